The second-order valence-electron chi connectivity index (χ2n) is 4.88. The molecule has 0 aliphatic heterocycles. The van der Waals surface area contributed by atoms with Crippen molar-refractivity contribution in [3.63, 3.8) is 0 Å². The number of carbonyl (C=O) groups excluding carboxylic acids is 1. The molecule has 3 rings (SSSR count). The van der Waals surface area contributed by atoms with Gasteiger partial charge in [-0.3, -0.25) is 4.79 Å². The Morgan fingerprint density at radius 3 is 2.46 bits per heavy atom. The molecule has 0 radical (unpaired) electrons. The van der Waals surface area contributed by atoms with Gasteiger partial charge < -0.3 is 11.1 Å². The molecule has 0 spiro atoms. The topological polar surface area (TPSA) is 91.8 Å². The summed E-state index contributed by atoms with van der Waals surface area (Å²) in [6.45, 7) is 0. The predicted octanol–water partition coefficient (Wildman–Crippen LogP) is 3.71. The number of benzene rings is 2. The highest BCUT2D eigenvalue weighted by Crippen LogP contribution is 2.29. The number of hydrogen-bond acceptors (Lipinski definition) is 6. The van der Waals surface area contributed by atoms with Crippen LogP contribution in [0.2, 0.25) is 0 Å². The van der Waals surface area contributed by atoms with Crippen molar-refractivity contribution < 1.29 is 9.18 Å². The summed E-state index contributed by atoms with van der Waals surface area (Å²) in [5.41, 5.74) is 7.45. The quantitative estimate of drug-likeness (QED) is 0.708. The Hall–Kier alpha value is -3.24. The van der Waals surface area contributed by atoms with Gasteiger partial charge in [0, 0.05) is 11.3 Å². The molecule has 0 bridgehead atoms. The van der Waals surface area contributed by atoms with E-state index < -0.39 is 5.82 Å². The number of nitrogens with zero attached hydrogens (tertiary/aromatic N) is 2. The van der Waals surface area contributed by atoms with Gasteiger partial charge in [0.2, 0.25) is 5.78 Å². The van der Waals surface area contributed by atoms with E-state index in [0.717, 1.165) is 17.0 Å². The zero-order valence-electron chi connectivity index (χ0n) is 12.3. The summed E-state index contributed by atoms with van der Waals surface area (Å²) in [5, 5.41) is 12.3. The van der Waals surface area contributed by atoms with Crippen molar-refractivity contribution in [2.24, 2.45) is 0 Å². The smallest absolute Gasteiger partial charge is 0.206 e. The van der Waals surface area contributed by atoms with Crippen molar-refractivity contribution in [2.75, 3.05) is 11.1 Å². The van der Waals surface area contributed by atoms with E-state index in [1.165, 1.54) is 24.3 Å². The first-order chi connectivity index (χ1) is 11.6. The van der Waals surface area contributed by atoms with Crippen LogP contribution in [0.15, 0.2) is 48.5 Å². The van der Waals surface area contributed by atoms with E-state index in [-0.39, 0.29) is 16.5 Å². The second kappa shape index (κ2) is 6.48. The standard InChI is InChI=1S/C17H11FN4OS/c18-12-5-3-11(4-6-12)14(23)15-16(20)22-17(24-15)21-13-7-1-10(9-19)2-8-13/h1-8H,20H2,(H,21,22). The third-order valence-electron chi connectivity index (χ3n) is 3.23. The molecular weight excluding hydrogens is 327 g/mol. The summed E-state index contributed by atoms with van der Waals surface area (Å²) in [4.78, 5) is 16.9. The first kappa shape index (κ1) is 15.6. The number of carbonyl (C=O) groups is 1. The molecule has 2 aromatic carbocycles. The van der Waals surface area contributed by atoms with Crippen LogP contribution in [0.3, 0.4) is 0 Å². The number of aromatic nitrogens is 1. The lowest BCUT2D eigenvalue weighted by atomic mass is 10.1. The van der Waals surface area contributed by atoms with Gasteiger partial charge in [-0.1, -0.05) is 11.3 Å². The summed E-state index contributed by atoms with van der Waals surface area (Å²) in [6.07, 6.45) is 0. The average Bonchev–Trinajstić information content (AvgIpc) is 2.96. The summed E-state index contributed by atoms with van der Waals surface area (Å²) in [6, 6.07) is 14.1. The van der Waals surface area contributed by atoms with E-state index in [0.29, 0.717) is 16.3 Å². The Kier molecular flexibility index (Phi) is 4.22. The number of rotatable bonds is 4. The molecule has 0 fully saturated rings. The van der Waals surface area contributed by atoms with Crippen LogP contribution in [0, 0.1) is 17.1 Å². The molecule has 24 heavy (non-hydrogen) atoms. The first-order valence-corrected chi connectivity index (χ1v) is 7.72. The summed E-state index contributed by atoms with van der Waals surface area (Å²) in [5.74, 6) is -0.602. The van der Waals surface area contributed by atoms with Gasteiger partial charge in [-0.05, 0) is 48.5 Å². The predicted molar refractivity (Wildman–Crippen MR) is 90.8 cm³/mol. The number of anilines is 3. The summed E-state index contributed by atoms with van der Waals surface area (Å²) in [7, 11) is 0. The fourth-order valence-corrected chi connectivity index (χ4v) is 2.90. The number of hydrogen-bond donors (Lipinski definition) is 2. The van der Waals surface area contributed by atoms with Crippen molar-refractivity contribution in [1.29, 1.82) is 5.26 Å². The highest BCUT2D eigenvalue weighted by molar-refractivity contribution is 7.18. The molecule has 0 aliphatic carbocycles. The van der Waals surface area contributed by atoms with Gasteiger partial charge in [-0.15, -0.1) is 0 Å². The largest absolute Gasteiger partial charge is 0.382 e. The SMILES string of the molecule is N#Cc1ccc(Nc2nc(N)c(C(=O)c3ccc(F)cc3)s2)cc1. The number of thiazole rings is 1. The summed E-state index contributed by atoms with van der Waals surface area (Å²) < 4.78 is 13.0. The van der Waals surface area contributed by atoms with Crippen LogP contribution in [-0.4, -0.2) is 10.8 Å². The van der Waals surface area contributed by atoms with E-state index in [1.54, 1.807) is 24.3 Å². The second-order valence-corrected chi connectivity index (χ2v) is 5.88. The van der Waals surface area contributed by atoms with Crippen LogP contribution in [0.25, 0.3) is 0 Å². The van der Waals surface area contributed by atoms with Crippen LogP contribution >= 0.6 is 11.3 Å². The Labute approximate surface area is 141 Å². The van der Waals surface area contributed by atoms with Gasteiger partial charge in [0.1, 0.15) is 16.5 Å². The van der Waals surface area contributed by atoms with Crippen molar-refractivity contribution in [2.45, 2.75) is 0 Å². The minimum Gasteiger partial charge on any atom is -0.382 e. The van der Waals surface area contributed by atoms with Gasteiger partial charge >= 0.3 is 0 Å². The lowest BCUT2D eigenvalue weighted by Crippen LogP contribution is -2.02. The number of halogens is 1. The maximum Gasteiger partial charge on any atom is 0.206 e. The molecular formula is C17H11FN4OS. The lowest BCUT2D eigenvalue weighted by molar-refractivity contribution is 0.104. The van der Waals surface area contributed by atoms with E-state index >= 15 is 0 Å². The molecule has 0 amide bonds. The molecule has 7 heteroatoms. The Bertz CT molecular complexity index is 927. The van der Waals surface area contributed by atoms with Crippen LogP contribution in [0.4, 0.5) is 21.0 Å². The molecule has 118 valence electrons. The van der Waals surface area contributed by atoms with E-state index in [9.17, 15) is 9.18 Å². The molecule has 1 aromatic heterocycles. The van der Waals surface area contributed by atoms with Gasteiger partial charge in [-0.25, -0.2) is 9.37 Å². The monoisotopic (exact) mass is 338 g/mol. The third-order valence-corrected chi connectivity index (χ3v) is 4.22. The maximum absolute atomic E-state index is 13.0. The van der Waals surface area contributed by atoms with Crippen molar-refractivity contribution in [3.8, 4) is 6.07 Å². The van der Waals surface area contributed by atoms with Crippen molar-refractivity contribution >= 4 is 33.8 Å². The molecule has 0 saturated heterocycles. The molecule has 3 N–H and O–H groups in total. The molecule has 0 aliphatic rings. The van der Waals surface area contributed by atoms with Crippen LogP contribution in [0.1, 0.15) is 20.8 Å². The molecule has 0 saturated carbocycles. The van der Waals surface area contributed by atoms with E-state index in [2.05, 4.69) is 10.3 Å². The highest BCUT2D eigenvalue weighted by atomic mass is 32.1. The van der Waals surface area contributed by atoms with Gasteiger partial charge in [-0.2, -0.15) is 5.26 Å². The molecule has 1 heterocycles. The third kappa shape index (κ3) is 3.24. The van der Waals surface area contributed by atoms with Crippen molar-refractivity contribution in [3.05, 3.63) is 70.4 Å². The maximum atomic E-state index is 13.0. The fourth-order valence-electron chi connectivity index (χ4n) is 2.03. The average molecular weight is 338 g/mol. The van der Waals surface area contributed by atoms with Gasteiger partial charge in [0.15, 0.2) is 5.13 Å². The van der Waals surface area contributed by atoms with Crippen LogP contribution in [-0.2, 0) is 0 Å². The normalized spacial score (nSPS) is 10.2. The zero-order valence-corrected chi connectivity index (χ0v) is 13.1. The molecule has 5 nitrogen and oxygen atoms in total. The Morgan fingerprint density at radius 1 is 1.17 bits per heavy atom. The molecule has 0 atom stereocenters. The number of nitrogens with one attached hydrogen (secondary N) is 1. The molecule has 3 aromatic rings. The number of nitriles is 1. The molecule has 0 unspecified atom stereocenters. The van der Waals surface area contributed by atoms with Gasteiger partial charge in [0.25, 0.3) is 0 Å². The zero-order chi connectivity index (χ0) is 17.1. The Balaban J connectivity index is 1.83. The summed E-state index contributed by atoms with van der Waals surface area (Å²) >= 11 is 1.12. The van der Waals surface area contributed by atoms with E-state index in [1.807, 2.05) is 6.07 Å². The van der Waals surface area contributed by atoms with Gasteiger partial charge in [0.05, 0.1) is 11.6 Å². The van der Waals surface area contributed by atoms with Crippen LogP contribution in [0.5, 0.6) is 0 Å². The minimum atomic E-state index is -0.410. The number of ketones is 1. The first-order valence-electron chi connectivity index (χ1n) is 6.90. The van der Waals surface area contributed by atoms with Crippen LogP contribution < -0.4 is 11.1 Å². The van der Waals surface area contributed by atoms with Crippen molar-refractivity contribution in [1.82, 2.24) is 4.98 Å². The fraction of sp³-hybridized carbons (Fsp3) is 0. The minimum absolute atomic E-state index is 0.116. The number of nitrogens with two attached hydrogens (primary N) is 1. The van der Waals surface area contributed by atoms with E-state index in [4.69, 9.17) is 11.0 Å². The Morgan fingerprint density at radius 2 is 1.83 bits per heavy atom. The lowest BCUT2D eigenvalue weighted by Gasteiger charge is -2.01. The number of nitrogen functional groups attached to an aromatic ring is 1. The highest BCUT2D eigenvalue weighted by Gasteiger charge is 2.18.